The molecule has 0 aromatic heterocycles. The van der Waals surface area contributed by atoms with E-state index >= 15 is 0 Å². The fourth-order valence-corrected chi connectivity index (χ4v) is 2.99. The molecule has 0 aliphatic heterocycles. The lowest BCUT2D eigenvalue weighted by molar-refractivity contribution is 0.136. The molecule has 19 heavy (non-hydrogen) atoms. The molecule has 0 aromatic carbocycles. The molecule has 116 valence electrons. The Labute approximate surface area is 115 Å². The van der Waals surface area contributed by atoms with Crippen LogP contribution in [-0.2, 0) is 32.8 Å². The quantitative estimate of drug-likeness (QED) is 0.670. The third kappa shape index (κ3) is 7.83. The van der Waals surface area contributed by atoms with Gasteiger partial charge in [0.2, 0.25) is 0 Å². The molecule has 0 saturated carbocycles. The smallest absolute Gasteiger partial charge is 0.244 e. The Balaban J connectivity index is 4.74. The third-order valence-corrected chi connectivity index (χ3v) is 5.00. The standard InChI is InChI=1S/C10H22O7S2/c1-7(2)9(5)15-18(11,12)17-19(13,14)16-10(6)8(3)4/h7-10H,1-6H3. The minimum Gasteiger partial charge on any atom is -0.244 e. The van der Waals surface area contributed by atoms with E-state index < -0.39 is 33.0 Å². The molecule has 0 aliphatic rings. The van der Waals surface area contributed by atoms with Crippen LogP contribution in [0, 0.1) is 11.8 Å². The van der Waals surface area contributed by atoms with E-state index in [1.807, 2.05) is 0 Å². The van der Waals surface area contributed by atoms with E-state index in [-0.39, 0.29) is 11.8 Å². The molecule has 2 unspecified atom stereocenters. The van der Waals surface area contributed by atoms with E-state index in [9.17, 15) is 16.8 Å². The molecular formula is C10H22O7S2. The van der Waals surface area contributed by atoms with Crippen molar-refractivity contribution in [2.24, 2.45) is 11.8 Å². The van der Waals surface area contributed by atoms with Crippen molar-refractivity contribution in [2.75, 3.05) is 0 Å². The van der Waals surface area contributed by atoms with Crippen molar-refractivity contribution in [3.05, 3.63) is 0 Å². The van der Waals surface area contributed by atoms with Crippen LogP contribution in [-0.4, -0.2) is 29.0 Å². The highest BCUT2D eigenvalue weighted by molar-refractivity contribution is 7.95. The van der Waals surface area contributed by atoms with E-state index in [0.717, 1.165) is 0 Å². The predicted molar refractivity (Wildman–Crippen MR) is 69.7 cm³/mol. The van der Waals surface area contributed by atoms with Crippen molar-refractivity contribution >= 4 is 20.8 Å². The van der Waals surface area contributed by atoms with Gasteiger partial charge in [-0.2, -0.15) is 16.8 Å². The molecule has 9 heteroatoms. The van der Waals surface area contributed by atoms with Gasteiger partial charge in [0, 0.05) is 0 Å². The molecule has 0 amide bonds. The summed E-state index contributed by atoms with van der Waals surface area (Å²) in [5.74, 6) is -0.229. The van der Waals surface area contributed by atoms with E-state index in [0.29, 0.717) is 0 Å². The van der Waals surface area contributed by atoms with Gasteiger partial charge in [0.25, 0.3) is 0 Å². The van der Waals surface area contributed by atoms with Gasteiger partial charge in [-0.15, -0.1) is 3.63 Å². The normalized spacial score (nSPS) is 16.8. The molecule has 0 saturated heterocycles. The molecule has 0 radical (unpaired) electrons. The molecule has 0 bridgehead atoms. The molecule has 0 N–H and O–H groups in total. The number of hydrogen-bond acceptors (Lipinski definition) is 7. The second kappa shape index (κ2) is 6.98. The lowest BCUT2D eigenvalue weighted by Crippen LogP contribution is -2.27. The van der Waals surface area contributed by atoms with E-state index in [1.54, 1.807) is 27.7 Å². The molecule has 0 rings (SSSR count). The van der Waals surface area contributed by atoms with Gasteiger partial charge >= 0.3 is 20.8 Å². The second-order valence-electron chi connectivity index (χ2n) is 4.98. The van der Waals surface area contributed by atoms with E-state index in [1.165, 1.54) is 13.8 Å². The van der Waals surface area contributed by atoms with Crippen LogP contribution < -0.4 is 0 Å². The minimum atomic E-state index is -4.67. The van der Waals surface area contributed by atoms with Gasteiger partial charge in [0.15, 0.2) is 0 Å². The van der Waals surface area contributed by atoms with E-state index in [2.05, 4.69) is 12.0 Å². The maximum atomic E-state index is 11.4. The van der Waals surface area contributed by atoms with Gasteiger partial charge in [-0.25, -0.2) is 8.37 Å². The van der Waals surface area contributed by atoms with Crippen molar-refractivity contribution < 1.29 is 28.8 Å². The zero-order chi connectivity index (χ0) is 15.4. The van der Waals surface area contributed by atoms with Crippen molar-refractivity contribution in [2.45, 2.75) is 53.8 Å². The summed E-state index contributed by atoms with van der Waals surface area (Å²) in [6, 6.07) is 0. The Morgan fingerprint density at radius 2 is 0.895 bits per heavy atom. The van der Waals surface area contributed by atoms with E-state index in [4.69, 9.17) is 0 Å². The first kappa shape index (κ1) is 18.8. The Morgan fingerprint density at radius 1 is 0.632 bits per heavy atom. The molecule has 2 atom stereocenters. The van der Waals surface area contributed by atoms with Gasteiger partial charge in [0.05, 0.1) is 12.2 Å². The Hall–Kier alpha value is -0.220. The van der Waals surface area contributed by atoms with Crippen LogP contribution in [0.4, 0.5) is 0 Å². The summed E-state index contributed by atoms with van der Waals surface area (Å²) in [7, 11) is -9.34. The fraction of sp³-hybridized carbons (Fsp3) is 1.00. The number of rotatable bonds is 8. The maximum Gasteiger partial charge on any atom is 0.416 e. The average molecular weight is 318 g/mol. The predicted octanol–water partition coefficient (Wildman–Crippen LogP) is 1.61. The molecule has 0 fully saturated rings. The Bertz CT molecular complexity index is 420. The van der Waals surface area contributed by atoms with Crippen LogP contribution in [0.5, 0.6) is 0 Å². The summed E-state index contributed by atoms with van der Waals surface area (Å²) < 4.78 is 58.7. The summed E-state index contributed by atoms with van der Waals surface area (Å²) in [4.78, 5) is 0. The van der Waals surface area contributed by atoms with Crippen LogP contribution in [0.2, 0.25) is 0 Å². The highest BCUT2D eigenvalue weighted by Gasteiger charge is 2.30. The largest absolute Gasteiger partial charge is 0.416 e. The third-order valence-electron chi connectivity index (χ3n) is 2.58. The summed E-state index contributed by atoms with van der Waals surface area (Å²) >= 11 is 0. The molecular weight excluding hydrogens is 296 g/mol. The Morgan fingerprint density at radius 3 is 1.11 bits per heavy atom. The topological polar surface area (TPSA) is 96.0 Å². The summed E-state index contributed by atoms with van der Waals surface area (Å²) in [6.45, 7) is 9.90. The highest BCUT2D eigenvalue weighted by atomic mass is 32.3. The highest BCUT2D eigenvalue weighted by Crippen LogP contribution is 2.16. The van der Waals surface area contributed by atoms with Gasteiger partial charge in [-0.1, -0.05) is 27.7 Å². The van der Waals surface area contributed by atoms with Gasteiger partial charge in [-0.3, -0.25) is 0 Å². The summed E-state index contributed by atoms with van der Waals surface area (Å²) in [6.07, 6.45) is -1.41. The zero-order valence-electron chi connectivity index (χ0n) is 12.0. The zero-order valence-corrected chi connectivity index (χ0v) is 13.6. The average Bonchev–Trinajstić information content (AvgIpc) is 2.13. The first-order valence-corrected chi connectivity index (χ1v) is 8.60. The molecule has 0 aromatic rings. The van der Waals surface area contributed by atoms with Crippen molar-refractivity contribution in [3.8, 4) is 0 Å². The van der Waals surface area contributed by atoms with Crippen LogP contribution in [0.3, 0.4) is 0 Å². The summed E-state index contributed by atoms with van der Waals surface area (Å²) in [5.41, 5.74) is 0. The fourth-order valence-electron chi connectivity index (χ4n) is 0.728. The van der Waals surface area contributed by atoms with Crippen molar-refractivity contribution in [1.82, 2.24) is 0 Å². The molecule has 0 heterocycles. The van der Waals surface area contributed by atoms with Crippen LogP contribution >= 0.6 is 0 Å². The first-order chi connectivity index (χ1) is 8.36. The van der Waals surface area contributed by atoms with Crippen LogP contribution in [0.15, 0.2) is 0 Å². The SMILES string of the molecule is CC(C)C(C)OS(=O)(=O)OS(=O)(=O)OC(C)C(C)C. The summed E-state index contributed by atoms with van der Waals surface area (Å²) in [5, 5.41) is 0. The van der Waals surface area contributed by atoms with Crippen molar-refractivity contribution in [3.63, 3.8) is 0 Å². The van der Waals surface area contributed by atoms with Crippen molar-refractivity contribution in [1.29, 1.82) is 0 Å². The van der Waals surface area contributed by atoms with Crippen LogP contribution in [0.25, 0.3) is 0 Å². The lowest BCUT2D eigenvalue weighted by atomic mass is 10.1. The van der Waals surface area contributed by atoms with Gasteiger partial charge < -0.3 is 0 Å². The molecule has 0 aliphatic carbocycles. The first-order valence-electron chi connectivity index (χ1n) is 5.94. The minimum absolute atomic E-state index is 0.114. The monoisotopic (exact) mass is 318 g/mol. The Kier molecular flexibility index (Phi) is 6.90. The van der Waals surface area contributed by atoms with Crippen LogP contribution in [0.1, 0.15) is 41.5 Å². The number of hydrogen-bond donors (Lipinski definition) is 0. The lowest BCUT2D eigenvalue weighted by Gasteiger charge is -2.17. The molecule has 0 spiro atoms. The maximum absolute atomic E-state index is 11.4. The van der Waals surface area contributed by atoms with Gasteiger partial charge in [-0.05, 0) is 25.7 Å². The molecule has 7 nitrogen and oxygen atoms in total. The second-order valence-corrected chi connectivity index (χ2v) is 7.54. The van der Waals surface area contributed by atoms with Gasteiger partial charge in [0.1, 0.15) is 0 Å².